The molecule has 37 heavy (non-hydrogen) atoms. The van der Waals surface area contributed by atoms with Crippen LogP contribution >= 0.6 is 0 Å². The van der Waals surface area contributed by atoms with Gasteiger partial charge < -0.3 is 16.2 Å². The highest BCUT2D eigenvalue weighted by atomic mass is 16.4. The van der Waals surface area contributed by atoms with Crippen LogP contribution in [0.5, 0.6) is 0 Å². The Hall–Kier alpha value is -4.39. The number of para-hydroxylation sites is 3. The summed E-state index contributed by atoms with van der Waals surface area (Å²) in [6.45, 7) is 6.19. The van der Waals surface area contributed by atoms with E-state index in [0.29, 0.717) is 17.7 Å². The van der Waals surface area contributed by atoms with E-state index >= 15 is 0 Å². The number of nitrogens with two attached hydrogens (primary N) is 1. The molecule has 1 aliphatic rings. The highest BCUT2D eigenvalue weighted by Gasteiger charge is 2.32. The molecule has 192 valence electrons. The fourth-order valence-electron chi connectivity index (χ4n) is 4.00. The van der Waals surface area contributed by atoms with E-state index in [1.54, 1.807) is 24.4 Å². The average Bonchev–Trinajstić information content (AvgIpc) is 3.23. The number of amides is 1. The molecule has 3 aromatic carbocycles. The maximum atomic E-state index is 13.1. The largest absolute Gasteiger partial charge is 0.478 e. The van der Waals surface area contributed by atoms with Gasteiger partial charge in [0.15, 0.2) is 0 Å². The Morgan fingerprint density at radius 1 is 0.946 bits per heavy atom. The summed E-state index contributed by atoms with van der Waals surface area (Å²) in [5, 5.41) is 18.3. The summed E-state index contributed by atoms with van der Waals surface area (Å²) in [7, 11) is 0. The molecule has 1 heterocycles. The molecule has 0 spiro atoms. The number of aryl methyl sites for hydroxylation is 2. The van der Waals surface area contributed by atoms with Gasteiger partial charge in [-0.2, -0.15) is 10.1 Å². The Kier molecular flexibility index (Phi) is 9.61. The maximum Gasteiger partial charge on any atom is 0.337 e. The molecule has 7 nitrogen and oxygen atoms in total. The van der Waals surface area contributed by atoms with Crippen molar-refractivity contribution in [1.82, 2.24) is 0 Å². The predicted molar refractivity (Wildman–Crippen MR) is 151 cm³/mol. The van der Waals surface area contributed by atoms with Crippen molar-refractivity contribution in [2.24, 2.45) is 5.10 Å². The third-order valence-electron chi connectivity index (χ3n) is 6.01. The van der Waals surface area contributed by atoms with E-state index in [1.165, 1.54) is 16.6 Å². The van der Waals surface area contributed by atoms with Crippen molar-refractivity contribution in [1.29, 1.82) is 0 Å². The van der Waals surface area contributed by atoms with Crippen LogP contribution in [0.4, 0.5) is 17.1 Å². The number of hydrogen-bond acceptors (Lipinski definition) is 5. The van der Waals surface area contributed by atoms with Gasteiger partial charge in [0.05, 0.1) is 22.5 Å². The van der Waals surface area contributed by atoms with Gasteiger partial charge >= 0.3 is 5.97 Å². The predicted octanol–water partition coefficient (Wildman–Crippen LogP) is 6.28. The lowest BCUT2D eigenvalue weighted by molar-refractivity contribution is -0.114. The second-order valence-electron chi connectivity index (χ2n) is 8.50. The molecule has 4 N–H and O–H groups in total. The zero-order valence-electron chi connectivity index (χ0n) is 21.6. The quantitative estimate of drug-likeness (QED) is 0.250. The molecule has 0 radical (unpaired) electrons. The summed E-state index contributed by atoms with van der Waals surface area (Å²) in [5.41, 5.74) is 11.3. The number of hydrazone groups is 1. The van der Waals surface area contributed by atoms with Crippen LogP contribution in [0.15, 0.2) is 89.7 Å². The topological polar surface area (TPSA) is 108 Å². The van der Waals surface area contributed by atoms with Crippen molar-refractivity contribution in [2.75, 3.05) is 16.1 Å². The van der Waals surface area contributed by atoms with E-state index in [0.717, 1.165) is 36.2 Å². The van der Waals surface area contributed by atoms with E-state index in [9.17, 15) is 14.7 Å². The highest BCUT2D eigenvalue weighted by Crippen LogP contribution is 2.28. The van der Waals surface area contributed by atoms with Crippen molar-refractivity contribution in [3.63, 3.8) is 0 Å². The number of nitrogen functional groups attached to an aromatic ring is 1. The van der Waals surface area contributed by atoms with E-state index < -0.39 is 5.97 Å². The normalized spacial score (nSPS) is 13.7. The molecule has 1 aliphatic heterocycles. The van der Waals surface area contributed by atoms with Crippen LogP contribution < -0.4 is 16.1 Å². The van der Waals surface area contributed by atoms with Gasteiger partial charge in [0.1, 0.15) is 0 Å². The molecule has 0 saturated heterocycles. The zero-order chi connectivity index (χ0) is 26.8. The van der Waals surface area contributed by atoms with Crippen molar-refractivity contribution in [3.05, 3.63) is 101 Å². The first-order valence-corrected chi connectivity index (χ1v) is 12.5. The fourth-order valence-corrected chi connectivity index (χ4v) is 4.00. The SMILES string of the molecule is CCCC1=NN(c2ccccc2C(=O)O)C(=O)/C1=C/Nc1ccccc1CC.CCc1ccccc1N. The Morgan fingerprint density at radius 3 is 2.19 bits per heavy atom. The monoisotopic (exact) mass is 498 g/mol. The van der Waals surface area contributed by atoms with E-state index in [-0.39, 0.29) is 17.2 Å². The second-order valence-corrected chi connectivity index (χ2v) is 8.50. The fraction of sp³-hybridized carbons (Fsp3) is 0.233. The Bertz CT molecular complexity index is 1310. The Balaban J connectivity index is 0.000000356. The third kappa shape index (κ3) is 6.64. The number of hydrogen-bond donors (Lipinski definition) is 3. The minimum absolute atomic E-state index is 0.0426. The minimum Gasteiger partial charge on any atom is -0.478 e. The lowest BCUT2D eigenvalue weighted by Gasteiger charge is -2.14. The number of anilines is 3. The zero-order valence-corrected chi connectivity index (χ0v) is 21.6. The van der Waals surface area contributed by atoms with Crippen LogP contribution in [0.1, 0.15) is 55.1 Å². The van der Waals surface area contributed by atoms with Gasteiger partial charge in [0.25, 0.3) is 5.91 Å². The van der Waals surface area contributed by atoms with Gasteiger partial charge in [-0.15, -0.1) is 0 Å². The summed E-state index contributed by atoms with van der Waals surface area (Å²) in [6.07, 6.45) is 5.01. The van der Waals surface area contributed by atoms with Gasteiger partial charge in [-0.3, -0.25) is 4.79 Å². The molecule has 1 amide bonds. The van der Waals surface area contributed by atoms with Gasteiger partial charge in [0.2, 0.25) is 0 Å². The molecule has 0 bridgehead atoms. The molecule has 4 rings (SSSR count). The number of carboxylic acid groups (broad SMARTS) is 1. The minimum atomic E-state index is -1.09. The van der Waals surface area contributed by atoms with E-state index in [2.05, 4.69) is 30.3 Å². The van der Waals surface area contributed by atoms with Crippen LogP contribution in [0.2, 0.25) is 0 Å². The molecule has 0 aromatic heterocycles. The van der Waals surface area contributed by atoms with Crippen LogP contribution in [0, 0.1) is 0 Å². The van der Waals surface area contributed by atoms with E-state index in [1.807, 2.05) is 49.4 Å². The molecule has 0 aliphatic carbocycles. The smallest absolute Gasteiger partial charge is 0.337 e. The average molecular weight is 499 g/mol. The number of nitrogens with zero attached hydrogens (tertiary/aromatic N) is 2. The van der Waals surface area contributed by atoms with Gasteiger partial charge in [-0.05, 0) is 54.7 Å². The van der Waals surface area contributed by atoms with Crippen molar-refractivity contribution >= 4 is 34.7 Å². The van der Waals surface area contributed by atoms with Crippen LogP contribution in [0.3, 0.4) is 0 Å². The van der Waals surface area contributed by atoms with Crippen LogP contribution in [-0.2, 0) is 17.6 Å². The molecule has 3 aromatic rings. The third-order valence-corrected chi connectivity index (χ3v) is 6.01. The first-order valence-electron chi connectivity index (χ1n) is 12.5. The van der Waals surface area contributed by atoms with Crippen LogP contribution in [-0.4, -0.2) is 22.7 Å². The lowest BCUT2D eigenvalue weighted by atomic mass is 10.1. The Labute approximate surface area is 218 Å². The summed E-state index contributed by atoms with van der Waals surface area (Å²) in [5.74, 6) is -1.43. The number of carbonyl (C=O) groups excluding carboxylic acids is 1. The van der Waals surface area contributed by atoms with Gasteiger partial charge in [-0.25, -0.2) is 4.79 Å². The van der Waals surface area contributed by atoms with Gasteiger partial charge in [0, 0.05) is 17.6 Å². The van der Waals surface area contributed by atoms with Crippen molar-refractivity contribution in [2.45, 2.75) is 46.5 Å². The first kappa shape index (κ1) is 27.2. The number of carbonyl (C=O) groups is 2. The molecule has 0 fully saturated rings. The molecular formula is C30H34N4O3. The second kappa shape index (κ2) is 13.1. The standard InChI is InChI=1S/C22H23N3O3.C8H11N/c1-3-9-19-17(14-23-18-12-7-5-10-15(18)4-2)21(26)25(24-19)20-13-8-6-11-16(20)22(27)28;1-2-7-5-3-4-6-8(7)9/h5-8,10-14,23H,3-4,9H2,1-2H3,(H,27,28);3-6H,2,9H2,1H3/b17-14+;. The summed E-state index contributed by atoms with van der Waals surface area (Å²) in [6, 6.07) is 22.2. The highest BCUT2D eigenvalue weighted by molar-refractivity contribution is 6.31. The van der Waals surface area contributed by atoms with Crippen LogP contribution in [0.25, 0.3) is 0 Å². The number of rotatable bonds is 8. The summed E-state index contributed by atoms with van der Waals surface area (Å²) < 4.78 is 0. The molecule has 7 heteroatoms. The molecule has 0 saturated carbocycles. The maximum absolute atomic E-state index is 13.1. The Morgan fingerprint density at radius 2 is 1.57 bits per heavy atom. The number of carboxylic acids is 1. The first-order chi connectivity index (χ1) is 17.9. The molecular weight excluding hydrogens is 464 g/mol. The number of benzene rings is 3. The van der Waals surface area contributed by atoms with Crippen molar-refractivity contribution < 1.29 is 14.7 Å². The molecule has 0 atom stereocenters. The van der Waals surface area contributed by atoms with Crippen molar-refractivity contribution in [3.8, 4) is 0 Å². The summed E-state index contributed by atoms with van der Waals surface area (Å²) >= 11 is 0. The van der Waals surface area contributed by atoms with E-state index in [4.69, 9.17) is 5.73 Å². The van der Waals surface area contributed by atoms with Gasteiger partial charge in [-0.1, -0.05) is 75.7 Å². The number of nitrogens with one attached hydrogen (secondary N) is 1. The molecule has 0 unspecified atom stereocenters. The number of aromatic carboxylic acids is 1. The lowest BCUT2D eigenvalue weighted by Crippen LogP contribution is -2.24. The summed E-state index contributed by atoms with van der Waals surface area (Å²) in [4.78, 5) is 24.6.